The summed E-state index contributed by atoms with van der Waals surface area (Å²) in [6, 6.07) is 4.44. The number of likely N-dealkylation sites (N-methyl/N-ethyl adjacent to an activating group) is 1. The van der Waals surface area contributed by atoms with Crippen molar-refractivity contribution in [2.45, 2.75) is 43.0 Å². The van der Waals surface area contributed by atoms with Gasteiger partial charge >= 0.3 is 6.03 Å². The van der Waals surface area contributed by atoms with E-state index in [0.29, 0.717) is 6.54 Å². The fourth-order valence-corrected chi connectivity index (χ4v) is 5.54. The zero-order valence-electron chi connectivity index (χ0n) is 19.8. The molecule has 0 radical (unpaired) electrons. The second-order valence-corrected chi connectivity index (χ2v) is 11.0. The Morgan fingerprint density at radius 3 is 2.68 bits per heavy atom. The summed E-state index contributed by atoms with van der Waals surface area (Å²) in [6.45, 7) is 4.55. The molecule has 1 aromatic carbocycles. The molecule has 0 aliphatic carbocycles. The Morgan fingerprint density at radius 2 is 2.00 bits per heavy atom. The minimum atomic E-state index is -3.94. The van der Waals surface area contributed by atoms with E-state index in [1.54, 1.807) is 35.0 Å². The fourth-order valence-electron chi connectivity index (χ4n) is 4.35. The number of amides is 2. The summed E-state index contributed by atoms with van der Waals surface area (Å²) in [7, 11) is -0.297. The monoisotopic (exact) mass is 492 g/mol. The van der Waals surface area contributed by atoms with Crippen LogP contribution in [-0.4, -0.2) is 96.7 Å². The van der Waals surface area contributed by atoms with Crippen LogP contribution in [0.1, 0.15) is 13.8 Å². The Labute approximate surface area is 199 Å². The Kier molecular flexibility index (Phi) is 6.85. The van der Waals surface area contributed by atoms with Gasteiger partial charge in [-0.15, -0.1) is 0 Å². The second kappa shape index (κ2) is 9.53. The summed E-state index contributed by atoms with van der Waals surface area (Å²) in [5.74, 6) is 0.194. The van der Waals surface area contributed by atoms with E-state index in [1.165, 1.54) is 6.07 Å². The van der Waals surface area contributed by atoms with Crippen molar-refractivity contribution in [3.8, 4) is 16.9 Å². The number of ether oxygens (including phenoxy) is 1. The number of benzene rings is 1. The summed E-state index contributed by atoms with van der Waals surface area (Å²) in [5.41, 5.74) is 1.58. The summed E-state index contributed by atoms with van der Waals surface area (Å²) < 4.78 is 36.7. The summed E-state index contributed by atoms with van der Waals surface area (Å²) >= 11 is 0. The lowest BCUT2D eigenvalue weighted by Gasteiger charge is -2.30. The third-order valence-electron chi connectivity index (χ3n) is 6.06. The van der Waals surface area contributed by atoms with Crippen molar-refractivity contribution in [2.75, 3.05) is 33.2 Å². The molecule has 0 unspecified atom stereocenters. The van der Waals surface area contributed by atoms with Crippen LogP contribution in [0.5, 0.6) is 5.75 Å². The molecule has 0 saturated carbocycles. The topological polar surface area (TPSA) is 129 Å². The molecule has 2 aromatic rings. The van der Waals surface area contributed by atoms with Gasteiger partial charge in [-0.25, -0.2) is 17.9 Å². The summed E-state index contributed by atoms with van der Waals surface area (Å²) in [6.07, 6.45) is 2.11. The fraction of sp³-hybridized carbons (Fsp3) is 0.545. The lowest BCUT2D eigenvalue weighted by molar-refractivity contribution is 0.0713. The van der Waals surface area contributed by atoms with Crippen molar-refractivity contribution in [3.63, 3.8) is 0 Å². The van der Waals surface area contributed by atoms with E-state index in [1.807, 2.05) is 32.0 Å². The van der Waals surface area contributed by atoms with E-state index in [9.17, 15) is 18.3 Å². The lowest BCUT2D eigenvalue weighted by atomic mass is 10.1. The Hall–Kier alpha value is -2.67. The average molecular weight is 493 g/mol. The predicted molar refractivity (Wildman–Crippen MR) is 126 cm³/mol. The molecule has 1 fully saturated rings. The number of β-amino-alcohol motifs (C(OH)–C–C–N with tert-alkyl or cyclic N) is 1. The first-order chi connectivity index (χ1) is 16.0. The van der Waals surface area contributed by atoms with Gasteiger partial charge in [-0.1, -0.05) is 6.07 Å². The number of hydrogen-bond acceptors (Lipinski definition) is 7. The molecule has 4 rings (SSSR count). The van der Waals surface area contributed by atoms with Crippen LogP contribution >= 0.6 is 0 Å². The standard InChI is InChI=1S/C22H32N6O5S/c1-14(2)25-22(30)28-12-18-20(13-28)33-19-7-15(16-8-23-27(4)10-16)5-6-21(19)34(31,32)24-9-17(29)11-26(18)3/h5-8,10,14,17-18,20,24,29H,9,11-13H2,1-4H3,(H,25,30)/t17-,18+,20-/m0/s1. The highest BCUT2D eigenvalue weighted by molar-refractivity contribution is 7.89. The third kappa shape index (κ3) is 5.19. The van der Waals surface area contributed by atoms with Gasteiger partial charge in [0.2, 0.25) is 10.0 Å². The van der Waals surface area contributed by atoms with E-state index in [2.05, 4.69) is 15.1 Å². The maximum absolute atomic E-state index is 13.1. The Bertz CT molecular complexity index is 1150. The Balaban J connectivity index is 1.74. The van der Waals surface area contributed by atoms with Crippen molar-refractivity contribution in [1.29, 1.82) is 0 Å². The number of carbonyl (C=O) groups excluding carboxylic acids is 1. The number of aliphatic hydroxyl groups is 1. The van der Waals surface area contributed by atoms with E-state index in [4.69, 9.17) is 4.74 Å². The number of sulfonamides is 1. The molecule has 186 valence electrons. The van der Waals surface area contributed by atoms with Gasteiger partial charge in [-0.2, -0.15) is 5.10 Å². The Morgan fingerprint density at radius 1 is 1.24 bits per heavy atom. The first kappa shape index (κ1) is 24.5. The van der Waals surface area contributed by atoms with E-state index >= 15 is 0 Å². The molecule has 0 bridgehead atoms. The van der Waals surface area contributed by atoms with Gasteiger partial charge in [0.15, 0.2) is 0 Å². The van der Waals surface area contributed by atoms with Gasteiger partial charge < -0.3 is 20.1 Å². The zero-order valence-corrected chi connectivity index (χ0v) is 20.6. The number of likely N-dealkylation sites (tertiary alicyclic amines) is 1. The number of rotatable bonds is 2. The van der Waals surface area contributed by atoms with Crippen LogP contribution in [0.15, 0.2) is 35.5 Å². The van der Waals surface area contributed by atoms with Crippen molar-refractivity contribution >= 4 is 16.1 Å². The van der Waals surface area contributed by atoms with Crippen LogP contribution in [0, 0.1) is 0 Å². The predicted octanol–water partition coefficient (Wildman–Crippen LogP) is 0.221. The zero-order chi connectivity index (χ0) is 24.6. The van der Waals surface area contributed by atoms with Crippen LogP contribution in [0.3, 0.4) is 0 Å². The molecule has 1 aromatic heterocycles. The van der Waals surface area contributed by atoms with Crippen molar-refractivity contribution in [3.05, 3.63) is 30.6 Å². The molecule has 11 nitrogen and oxygen atoms in total. The molecule has 2 aliphatic heterocycles. The number of aryl methyl sites for hydroxylation is 1. The molecule has 34 heavy (non-hydrogen) atoms. The molecule has 3 atom stereocenters. The minimum absolute atomic E-state index is 0.0132. The number of aliphatic hydroxyl groups excluding tert-OH is 1. The van der Waals surface area contributed by atoms with Gasteiger partial charge in [0.25, 0.3) is 0 Å². The number of urea groups is 1. The van der Waals surface area contributed by atoms with Gasteiger partial charge in [-0.3, -0.25) is 9.58 Å². The number of carbonyl (C=O) groups is 1. The number of hydrogen-bond donors (Lipinski definition) is 3. The highest BCUT2D eigenvalue weighted by atomic mass is 32.2. The smallest absolute Gasteiger partial charge is 0.317 e. The lowest BCUT2D eigenvalue weighted by Crippen LogP contribution is -2.48. The molecule has 2 aliphatic rings. The largest absolute Gasteiger partial charge is 0.485 e. The van der Waals surface area contributed by atoms with E-state index < -0.39 is 22.2 Å². The van der Waals surface area contributed by atoms with Crippen LogP contribution in [0.25, 0.3) is 11.1 Å². The summed E-state index contributed by atoms with van der Waals surface area (Å²) in [4.78, 5) is 16.3. The van der Waals surface area contributed by atoms with Gasteiger partial charge in [0.1, 0.15) is 16.7 Å². The number of nitrogens with one attached hydrogen (secondary N) is 2. The number of aromatic nitrogens is 2. The number of nitrogens with zero attached hydrogens (tertiary/aromatic N) is 4. The van der Waals surface area contributed by atoms with E-state index in [-0.39, 0.29) is 48.4 Å². The quantitative estimate of drug-likeness (QED) is 0.547. The van der Waals surface area contributed by atoms with Gasteiger partial charge in [0.05, 0.1) is 24.9 Å². The number of fused-ring (bicyclic) bond motifs is 2. The first-order valence-electron chi connectivity index (χ1n) is 11.3. The van der Waals surface area contributed by atoms with Crippen molar-refractivity contribution < 1.29 is 23.1 Å². The van der Waals surface area contributed by atoms with Crippen molar-refractivity contribution in [1.82, 2.24) is 29.6 Å². The van der Waals surface area contributed by atoms with Gasteiger partial charge in [0, 0.05) is 44.5 Å². The molecule has 12 heteroatoms. The molecular weight excluding hydrogens is 460 g/mol. The molecule has 3 heterocycles. The minimum Gasteiger partial charge on any atom is -0.485 e. The molecule has 0 spiro atoms. The molecule has 1 saturated heterocycles. The highest BCUT2D eigenvalue weighted by Crippen LogP contribution is 2.33. The first-order valence-corrected chi connectivity index (χ1v) is 12.7. The summed E-state index contributed by atoms with van der Waals surface area (Å²) in [5, 5.41) is 17.6. The van der Waals surface area contributed by atoms with E-state index in [0.717, 1.165) is 11.1 Å². The average Bonchev–Trinajstić information content (AvgIpc) is 3.38. The second-order valence-electron chi connectivity index (χ2n) is 9.24. The van der Waals surface area contributed by atoms with Crippen LogP contribution in [0.4, 0.5) is 4.79 Å². The van der Waals surface area contributed by atoms with Crippen LogP contribution < -0.4 is 14.8 Å². The third-order valence-corrected chi connectivity index (χ3v) is 7.52. The molecule has 2 amide bonds. The van der Waals surface area contributed by atoms with Crippen molar-refractivity contribution in [2.24, 2.45) is 7.05 Å². The highest BCUT2D eigenvalue weighted by Gasteiger charge is 2.41. The maximum Gasteiger partial charge on any atom is 0.317 e. The molecular formula is C22H32N6O5S. The normalized spacial score (nSPS) is 25.2. The molecule has 3 N–H and O–H groups in total. The van der Waals surface area contributed by atoms with Crippen LogP contribution in [0.2, 0.25) is 0 Å². The maximum atomic E-state index is 13.1. The SMILES string of the molecule is CC(C)NC(=O)N1C[C@@H]2Oc3cc(-c4cnn(C)c4)ccc3S(=O)(=O)NC[C@H](O)CN(C)[C@@H]2C1. The van der Waals surface area contributed by atoms with Crippen LogP contribution in [-0.2, 0) is 17.1 Å². The van der Waals surface area contributed by atoms with Gasteiger partial charge in [-0.05, 0) is 38.6 Å².